The molecule has 0 atom stereocenters. The summed E-state index contributed by atoms with van der Waals surface area (Å²) in [7, 11) is 0. The van der Waals surface area contributed by atoms with Crippen molar-refractivity contribution in [1.82, 2.24) is 9.97 Å². The van der Waals surface area contributed by atoms with Gasteiger partial charge < -0.3 is 19.7 Å². The minimum absolute atomic E-state index is 0.288. The molecule has 0 fully saturated rings. The van der Waals surface area contributed by atoms with Crippen molar-refractivity contribution in [3.63, 3.8) is 0 Å². The van der Waals surface area contributed by atoms with Crippen molar-refractivity contribution in [3.8, 4) is 11.5 Å². The van der Waals surface area contributed by atoms with Gasteiger partial charge in [-0.05, 0) is 41.3 Å². The van der Waals surface area contributed by atoms with Crippen LogP contribution in [0.25, 0.3) is 0 Å². The van der Waals surface area contributed by atoms with Crippen molar-refractivity contribution in [1.29, 1.82) is 0 Å². The molecule has 2 aromatic carbocycles. The van der Waals surface area contributed by atoms with Crippen molar-refractivity contribution in [3.05, 3.63) is 71.4 Å². The van der Waals surface area contributed by atoms with Crippen LogP contribution >= 0.6 is 0 Å². The Morgan fingerprint density at radius 1 is 1.00 bits per heavy atom. The predicted molar refractivity (Wildman–Crippen MR) is 103 cm³/mol. The number of nitrogens with one attached hydrogen (secondary N) is 1. The number of aromatic nitrogens is 2. The maximum absolute atomic E-state index is 5.43. The number of nitrogens with zero attached hydrogens (tertiary/aromatic N) is 3. The van der Waals surface area contributed by atoms with Crippen LogP contribution in [0.4, 0.5) is 11.8 Å². The SMILES string of the molecule is c1ccc2c(c1)CCN(c1ccnc(NCc3ccc4c(c3)OCO4)n1)C2. The fourth-order valence-corrected chi connectivity index (χ4v) is 3.53. The zero-order valence-electron chi connectivity index (χ0n) is 14.9. The largest absolute Gasteiger partial charge is 0.454 e. The Bertz CT molecular complexity index is 976. The van der Waals surface area contributed by atoms with Gasteiger partial charge in [-0.2, -0.15) is 4.98 Å². The summed E-state index contributed by atoms with van der Waals surface area (Å²) in [5.74, 6) is 3.16. The lowest BCUT2D eigenvalue weighted by atomic mass is 10.00. The second kappa shape index (κ2) is 6.79. The molecule has 0 aliphatic carbocycles. The van der Waals surface area contributed by atoms with Gasteiger partial charge in [-0.25, -0.2) is 4.98 Å². The van der Waals surface area contributed by atoms with E-state index in [0.29, 0.717) is 12.5 Å². The fourth-order valence-electron chi connectivity index (χ4n) is 3.53. The molecule has 1 aromatic heterocycles. The summed E-state index contributed by atoms with van der Waals surface area (Å²) in [6.45, 7) is 2.77. The highest BCUT2D eigenvalue weighted by atomic mass is 16.7. The van der Waals surface area contributed by atoms with Crippen LogP contribution in [0.15, 0.2) is 54.7 Å². The molecule has 3 aromatic rings. The Morgan fingerprint density at radius 2 is 1.89 bits per heavy atom. The number of anilines is 2. The highest BCUT2D eigenvalue weighted by Crippen LogP contribution is 2.32. The first kappa shape index (κ1) is 15.9. The maximum atomic E-state index is 5.43. The summed E-state index contributed by atoms with van der Waals surface area (Å²) in [6, 6.07) is 16.5. The van der Waals surface area contributed by atoms with E-state index in [1.807, 2.05) is 30.5 Å². The molecule has 0 radical (unpaired) electrons. The van der Waals surface area contributed by atoms with E-state index in [9.17, 15) is 0 Å². The summed E-state index contributed by atoms with van der Waals surface area (Å²) in [5, 5.41) is 3.31. The standard InChI is InChI=1S/C21H20N4O2/c1-2-4-17-13-25(10-8-16(17)3-1)20-7-9-22-21(24-20)23-12-15-5-6-18-19(11-15)27-14-26-18/h1-7,9,11H,8,10,12-14H2,(H,22,23,24). The Balaban J connectivity index is 1.28. The van der Waals surface area contributed by atoms with E-state index >= 15 is 0 Å². The molecular weight excluding hydrogens is 340 g/mol. The normalized spacial score (nSPS) is 14.7. The van der Waals surface area contributed by atoms with Crippen molar-refractivity contribution in [2.45, 2.75) is 19.5 Å². The Labute approximate surface area is 157 Å². The van der Waals surface area contributed by atoms with Gasteiger partial charge in [-0.1, -0.05) is 30.3 Å². The third-order valence-corrected chi connectivity index (χ3v) is 4.98. The lowest BCUT2D eigenvalue weighted by Crippen LogP contribution is -2.31. The van der Waals surface area contributed by atoms with E-state index in [2.05, 4.69) is 39.5 Å². The van der Waals surface area contributed by atoms with Crippen LogP contribution < -0.4 is 19.7 Å². The molecule has 0 unspecified atom stereocenters. The van der Waals surface area contributed by atoms with Crippen LogP contribution in [0.5, 0.6) is 11.5 Å². The minimum Gasteiger partial charge on any atom is -0.454 e. The zero-order chi connectivity index (χ0) is 18.1. The quantitative estimate of drug-likeness (QED) is 0.770. The van der Waals surface area contributed by atoms with Crippen molar-refractivity contribution in [2.75, 3.05) is 23.6 Å². The number of hydrogen-bond donors (Lipinski definition) is 1. The lowest BCUT2D eigenvalue weighted by molar-refractivity contribution is 0.174. The molecule has 136 valence electrons. The van der Waals surface area contributed by atoms with Gasteiger partial charge in [0.05, 0.1) is 0 Å². The summed E-state index contributed by atoms with van der Waals surface area (Å²) in [5.41, 5.74) is 3.90. The molecule has 2 aliphatic rings. The van der Waals surface area contributed by atoms with Crippen LogP contribution in [0.2, 0.25) is 0 Å². The van der Waals surface area contributed by atoms with Gasteiger partial charge >= 0.3 is 0 Å². The highest BCUT2D eigenvalue weighted by molar-refractivity contribution is 5.48. The van der Waals surface area contributed by atoms with E-state index in [4.69, 9.17) is 14.5 Å². The lowest BCUT2D eigenvalue weighted by Gasteiger charge is -2.29. The van der Waals surface area contributed by atoms with Crippen LogP contribution in [-0.2, 0) is 19.5 Å². The van der Waals surface area contributed by atoms with Gasteiger partial charge in [0.1, 0.15) is 5.82 Å². The van der Waals surface area contributed by atoms with Crippen LogP contribution in [0, 0.1) is 0 Å². The number of benzene rings is 2. The number of hydrogen-bond acceptors (Lipinski definition) is 6. The molecule has 6 heteroatoms. The molecule has 0 spiro atoms. The van der Waals surface area contributed by atoms with E-state index in [-0.39, 0.29) is 6.79 Å². The van der Waals surface area contributed by atoms with Gasteiger partial charge in [-0.15, -0.1) is 0 Å². The van der Waals surface area contributed by atoms with Crippen LogP contribution in [-0.4, -0.2) is 23.3 Å². The summed E-state index contributed by atoms with van der Waals surface area (Å²) < 4.78 is 10.8. The molecule has 0 amide bonds. The average molecular weight is 360 g/mol. The molecule has 0 saturated carbocycles. The van der Waals surface area contributed by atoms with Gasteiger partial charge in [0.15, 0.2) is 11.5 Å². The number of rotatable bonds is 4. The molecule has 0 saturated heterocycles. The third-order valence-electron chi connectivity index (χ3n) is 4.98. The highest BCUT2D eigenvalue weighted by Gasteiger charge is 2.17. The van der Waals surface area contributed by atoms with Crippen molar-refractivity contribution in [2.24, 2.45) is 0 Å². The van der Waals surface area contributed by atoms with Crippen molar-refractivity contribution >= 4 is 11.8 Å². The summed E-state index contributed by atoms with van der Waals surface area (Å²) in [6.07, 6.45) is 2.85. The fraction of sp³-hybridized carbons (Fsp3) is 0.238. The second-order valence-corrected chi connectivity index (χ2v) is 6.72. The van der Waals surface area contributed by atoms with Gasteiger partial charge in [0.2, 0.25) is 12.7 Å². The Hall–Kier alpha value is -3.28. The molecule has 3 heterocycles. The molecule has 27 heavy (non-hydrogen) atoms. The molecule has 2 aliphatic heterocycles. The van der Waals surface area contributed by atoms with Gasteiger partial charge in [-0.3, -0.25) is 0 Å². The van der Waals surface area contributed by atoms with E-state index in [1.165, 1.54) is 11.1 Å². The Morgan fingerprint density at radius 3 is 2.85 bits per heavy atom. The second-order valence-electron chi connectivity index (χ2n) is 6.72. The maximum Gasteiger partial charge on any atom is 0.231 e. The first-order valence-electron chi connectivity index (χ1n) is 9.12. The molecular formula is C21H20N4O2. The first-order chi connectivity index (χ1) is 13.3. The minimum atomic E-state index is 0.288. The predicted octanol–water partition coefficient (Wildman–Crippen LogP) is 3.38. The third kappa shape index (κ3) is 3.26. The van der Waals surface area contributed by atoms with Crippen LogP contribution in [0.3, 0.4) is 0 Å². The summed E-state index contributed by atoms with van der Waals surface area (Å²) >= 11 is 0. The van der Waals surface area contributed by atoms with Crippen LogP contribution in [0.1, 0.15) is 16.7 Å². The van der Waals surface area contributed by atoms with E-state index < -0.39 is 0 Å². The molecule has 5 rings (SSSR count). The molecule has 0 bridgehead atoms. The smallest absolute Gasteiger partial charge is 0.231 e. The number of ether oxygens (including phenoxy) is 2. The van der Waals surface area contributed by atoms with E-state index in [1.54, 1.807) is 0 Å². The monoisotopic (exact) mass is 360 g/mol. The average Bonchev–Trinajstić information content (AvgIpc) is 3.20. The Kier molecular flexibility index (Phi) is 4.01. The number of fused-ring (bicyclic) bond motifs is 2. The van der Waals surface area contributed by atoms with Crippen molar-refractivity contribution < 1.29 is 9.47 Å². The summed E-state index contributed by atoms with van der Waals surface area (Å²) in [4.78, 5) is 11.4. The van der Waals surface area contributed by atoms with Gasteiger partial charge in [0.25, 0.3) is 0 Å². The van der Waals surface area contributed by atoms with E-state index in [0.717, 1.165) is 42.4 Å². The van der Waals surface area contributed by atoms with Gasteiger partial charge in [0, 0.05) is 25.8 Å². The first-order valence-corrected chi connectivity index (χ1v) is 9.12. The molecule has 1 N–H and O–H groups in total. The topological polar surface area (TPSA) is 59.5 Å². The zero-order valence-corrected chi connectivity index (χ0v) is 14.9. The molecule has 6 nitrogen and oxygen atoms in total.